The second-order valence-electron chi connectivity index (χ2n) is 6.85. The average molecular weight is 396 g/mol. The lowest BCUT2D eigenvalue weighted by Crippen LogP contribution is -2.28. The molecule has 7 heteroatoms. The van der Waals surface area contributed by atoms with Crippen molar-refractivity contribution in [3.05, 3.63) is 54.1 Å². The maximum atomic E-state index is 12.3. The van der Waals surface area contributed by atoms with Crippen LogP contribution in [0, 0.1) is 12.8 Å². The first-order valence-corrected chi connectivity index (χ1v) is 9.52. The van der Waals surface area contributed by atoms with Crippen molar-refractivity contribution in [3.63, 3.8) is 0 Å². The number of hydrogen-bond acceptors (Lipinski definition) is 5. The van der Waals surface area contributed by atoms with E-state index >= 15 is 0 Å². The summed E-state index contributed by atoms with van der Waals surface area (Å²) in [6.07, 6.45) is 0.0611. The van der Waals surface area contributed by atoms with Gasteiger partial charge in [-0.3, -0.25) is 14.4 Å². The Labute approximate surface area is 169 Å². The summed E-state index contributed by atoms with van der Waals surface area (Å²) in [7, 11) is 0. The molecule has 0 aliphatic carbocycles. The summed E-state index contributed by atoms with van der Waals surface area (Å²) >= 11 is 0. The van der Waals surface area contributed by atoms with E-state index in [1.165, 1.54) is 0 Å². The Hall–Kier alpha value is -3.35. The summed E-state index contributed by atoms with van der Waals surface area (Å²) in [4.78, 5) is 38.1. The molecule has 0 unspecified atom stereocenters. The summed E-state index contributed by atoms with van der Waals surface area (Å²) in [6, 6.07) is 14.4. The van der Waals surface area contributed by atoms with Crippen LogP contribution in [-0.2, 0) is 19.1 Å². The van der Waals surface area contributed by atoms with Gasteiger partial charge in [-0.2, -0.15) is 0 Å². The van der Waals surface area contributed by atoms with Gasteiger partial charge < -0.3 is 19.7 Å². The van der Waals surface area contributed by atoms with Crippen LogP contribution in [0.2, 0.25) is 0 Å². The van der Waals surface area contributed by atoms with E-state index in [2.05, 4.69) is 5.32 Å². The monoisotopic (exact) mass is 396 g/mol. The lowest BCUT2D eigenvalue weighted by atomic mass is 10.1. The number of esters is 1. The molecular formula is C22H24N2O5. The Kier molecular flexibility index (Phi) is 6.49. The first-order valence-electron chi connectivity index (χ1n) is 9.52. The molecule has 2 aromatic carbocycles. The average Bonchev–Trinajstić information content (AvgIpc) is 3.10. The zero-order valence-electron chi connectivity index (χ0n) is 16.5. The van der Waals surface area contributed by atoms with E-state index in [1.54, 1.807) is 41.3 Å². The minimum absolute atomic E-state index is 0.0611. The van der Waals surface area contributed by atoms with Crippen molar-refractivity contribution in [1.29, 1.82) is 0 Å². The van der Waals surface area contributed by atoms with Crippen molar-refractivity contribution in [1.82, 2.24) is 0 Å². The Bertz CT molecular complexity index is 877. The summed E-state index contributed by atoms with van der Waals surface area (Å²) in [6.45, 7) is 4.25. The Morgan fingerprint density at radius 2 is 1.79 bits per heavy atom. The smallest absolute Gasteiger partial charge is 0.311 e. The maximum Gasteiger partial charge on any atom is 0.311 e. The van der Waals surface area contributed by atoms with Gasteiger partial charge in [0.2, 0.25) is 5.91 Å². The van der Waals surface area contributed by atoms with Crippen LogP contribution in [0.4, 0.5) is 11.4 Å². The summed E-state index contributed by atoms with van der Waals surface area (Å²) in [5, 5.41) is 2.67. The molecule has 2 aromatic rings. The predicted octanol–water partition coefficient (Wildman–Crippen LogP) is 2.93. The van der Waals surface area contributed by atoms with Crippen molar-refractivity contribution >= 4 is 29.2 Å². The third kappa shape index (κ3) is 5.34. The van der Waals surface area contributed by atoms with Gasteiger partial charge in [0.05, 0.1) is 12.5 Å². The van der Waals surface area contributed by atoms with E-state index in [9.17, 15) is 14.4 Å². The molecule has 0 bridgehead atoms. The number of benzene rings is 2. The predicted molar refractivity (Wildman–Crippen MR) is 109 cm³/mol. The zero-order chi connectivity index (χ0) is 20.8. The summed E-state index contributed by atoms with van der Waals surface area (Å²) < 4.78 is 10.5. The van der Waals surface area contributed by atoms with Gasteiger partial charge in [-0.25, -0.2) is 0 Å². The van der Waals surface area contributed by atoms with Gasteiger partial charge in [0.1, 0.15) is 5.75 Å². The lowest BCUT2D eigenvalue weighted by Gasteiger charge is -2.17. The van der Waals surface area contributed by atoms with Crippen molar-refractivity contribution in [2.45, 2.75) is 20.3 Å². The van der Waals surface area contributed by atoms with Gasteiger partial charge in [0.15, 0.2) is 6.61 Å². The number of carbonyl (C=O) groups excluding carboxylic acids is 3. The number of nitrogens with zero attached hydrogens (tertiary/aromatic N) is 1. The molecular weight excluding hydrogens is 372 g/mol. The SMILES string of the molecule is CCOc1ccc(N2C[C@H](C(=O)OCC(=O)Nc3ccc(C)cc3)CC2=O)cc1. The van der Waals surface area contributed by atoms with Crippen LogP contribution in [0.15, 0.2) is 48.5 Å². The highest BCUT2D eigenvalue weighted by molar-refractivity contribution is 6.00. The summed E-state index contributed by atoms with van der Waals surface area (Å²) in [5.41, 5.74) is 2.41. The standard InChI is InChI=1S/C22H24N2O5/c1-3-28-19-10-8-18(9-11-19)24-13-16(12-21(24)26)22(27)29-14-20(25)23-17-6-4-15(2)5-7-17/h4-11,16H,3,12-14H2,1-2H3,(H,23,25)/t16-/m1/s1. The molecule has 3 rings (SSSR count). The van der Waals surface area contributed by atoms with Gasteiger partial charge in [-0.05, 0) is 50.2 Å². The Morgan fingerprint density at radius 3 is 2.45 bits per heavy atom. The third-order valence-corrected chi connectivity index (χ3v) is 4.60. The first kappa shape index (κ1) is 20.4. The number of nitrogens with one attached hydrogen (secondary N) is 1. The Morgan fingerprint density at radius 1 is 1.10 bits per heavy atom. The second kappa shape index (κ2) is 9.23. The number of ether oxygens (including phenoxy) is 2. The van der Waals surface area contributed by atoms with Gasteiger partial charge in [-0.15, -0.1) is 0 Å². The first-order chi connectivity index (χ1) is 14.0. The normalized spacial score (nSPS) is 15.9. The molecule has 7 nitrogen and oxygen atoms in total. The lowest BCUT2D eigenvalue weighted by molar-refractivity contribution is -0.151. The molecule has 1 fully saturated rings. The van der Waals surface area contributed by atoms with Crippen LogP contribution in [-0.4, -0.2) is 37.5 Å². The Balaban J connectivity index is 1.50. The van der Waals surface area contributed by atoms with Gasteiger partial charge in [0, 0.05) is 24.3 Å². The maximum absolute atomic E-state index is 12.3. The van der Waals surface area contributed by atoms with E-state index in [-0.39, 0.29) is 25.5 Å². The third-order valence-electron chi connectivity index (χ3n) is 4.60. The molecule has 1 atom stereocenters. The largest absolute Gasteiger partial charge is 0.494 e. The summed E-state index contributed by atoms with van der Waals surface area (Å²) in [5.74, 6) is -0.999. The molecule has 1 N–H and O–H groups in total. The van der Waals surface area contributed by atoms with E-state index in [0.29, 0.717) is 18.0 Å². The van der Waals surface area contributed by atoms with E-state index in [1.807, 2.05) is 26.0 Å². The fourth-order valence-corrected chi connectivity index (χ4v) is 3.09. The fraction of sp³-hybridized carbons (Fsp3) is 0.318. The van der Waals surface area contributed by atoms with E-state index in [4.69, 9.17) is 9.47 Å². The van der Waals surface area contributed by atoms with Crippen LogP contribution < -0.4 is 15.0 Å². The minimum atomic E-state index is -0.596. The molecule has 29 heavy (non-hydrogen) atoms. The fourth-order valence-electron chi connectivity index (χ4n) is 3.09. The van der Waals surface area contributed by atoms with Gasteiger partial charge in [0.25, 0.3) is 5.91 Å². The quantitative estimate of drug-likeness (QED) is 0.728. The molecule has 0 radical (unpaired) electrons. The number of anilines is 2. The van der Waals surface area contributed by atoms with Gasteiger partial charge in [-0.1, -0.05) is 17.7 Å². The number of hydrogen-bond donors (Lipinski definition) is 1. The van der Waals surface area contributed by atoms with Gasteiger partial charge >= 0.3 is 5.97 Å². The molecule has 0 aromatic heterocycles. The van der Waals surface area contributed by atoms with E-state index < -0.39 is 17.8 Å². The number of rotatable bonds is 7. The van der Waals surface area contributed by atoms with Crippen LogP contribution in [0.1, 0.15) is 18.9 Å². The zero-order valence-corrected chi connectivity index (χ0v) is 16.5. The molecule has 2 amide bonds. The van der Waals surface area contributed by atoms with E-state index in [0.717, 1.165) is 11.3 Å². The van der Waals surface area contributed by atoms with Crippen molar-refractivity contribution in [3.8, 4) is 5.75 Å². The topological polar surface area (TPSA) is 84.9 Å². The highest BCUT2D eigenvalue weighted by Crippen LogP contribution is 2.27. The van der Waals surface area contributed by atoms with Crippen molar-refractivity contribution in [2.24, 2.45) is 5.92 Å². The van der Waals surface area contributed by atoms with Crippen molar-refractivity contribution in [2.75, 3.05) is 30.0 Å². The molecule has 1 saturated heterocycles. The van der Waals surface area contributed by atoms with Crippen LogP contribution in [0.5, 0.6) is 5.75 Å². The minimum Gasteiger partial charge on any atom is -0.494 e. The molecule has 1 aliphatic rings. The second-order valence-corrected chi connectivity index (χ2v) is 6.85. The van der Waals surface area contributed by atoms with Crippen molar-refractivity contribution < 1.29 is 23.9 Å². The number of carbonyl (C=O) groups is 3. The van der Waals surface area contributed by atoms with Crippen LogP contribution in [0.3, 0.4) is 0 Å². The molecule has 0 saturated carbocycles. The number of aryl methyl sites for hydroxylation is 1. The van der Waals surface area contributed by atoms with Crippen LogP contribution in [0.25, 0.3) is 0 Å². The highest BCUT2D eigenvalue weighted by atomic mass is 16.5. The molecule has 1 heterocycles. The number of amides is 2. The highest BCUT2D eigenvalue weighted by Gasteiger charge is 2.36. The molecule has 0 spiro atoms. The molecule has 152 valence electrons. The van der Waals surface area contributed by atoms with Crippen LogP contribution >= 0.6 is 0 Å². The molecule has 1 aliphatic heterocycles.